The van der Waals surface area contributed by atoms with Gasteiger partial charge in [-0.3, -0.25) is 0 Å². The van der Waals surface area contributed by atoms with E-state index in [4.69, 9.17) is 0 Å². The normalized spacial score (nSPS) is 23.4. The van der Waals surface area contributed by atoms with Crippen LogP contribution < -0.4 is 0 Å². The van der Waals surface area contributed by atoms with Gasteiger partial charge in [-0.05, 0) is 49.8 Å². The maximum absolute atomic E-state index is 12.5. The number of benzene rings is 1. The van der Waals surface area contributed by atoms with Crippen molar-refractivity contribution >= 4 is 10.0 Å². The van der Waals surface area contributed by atoms with E-state index in [9.17, 15) is 13.5 Å². The minimum Gasteiger partial charge on any atom is -0.393 e. The van der Waals surface area contributed by atoms with E-state index in [1.807, 2.05) is 26.0 Å². The molecule has 4 nitrogen and oxygen atoms in total. The quantitative estimate of drug-likeness (QED) is 0.915. The minimum absolute atomic E-state index is 0.248. The van der Waals surface area contributed by atoms with Crippen molar-refractivity contribution in [2.75, 3.05) is 13.6 Å². The van der Waals surface area contributed by atoms with Gasteiger partial charge in [0, 0.05) is 13.6 Å². The summed E-state index contributed by atoms with van der Waals surface area (Å²) in [6.07, 6.45) is 1.15. The van der Waals surface area contributed by atoms with Crippen molar-refractivity contribution in [1.82, 2.24) is 4.31 Å². The second-order valence-corrected chi connectivity index (χ2v) is 7.56. The predicted octanol–water partition coefficient (Wildman–Crippen LogP) is 1.69. The topological polar surface area (TPSA) is 57.6 Å². The summed E-state index contributed by atoms with van der Waals surface area (Å²) in [6, 6.07) is 5.47. The number of aryl methyl sites for hydroxylation is 2. The second-order valence-electron chi connectivity index (χ2n) is 5.55. The Labute approximate surface area is 115 Å². The molecule has 0 spiro atoms. The first-order valence-electron chi connectivity index (χ1n) is 6.52. The van der Waals surface area contributed by atoms with Gasteiger partial charge in [-0.1, -0.05) is 12.1 Å². The molecular weight excluding hydrogens is 262 g/mol. The van der Waals surface area contributed by atoms with E-state index in [1.54, 1.807) is 13.1 Å². The molecule has 0 unspecified atom stereocenters. The zero-order chi connectivity index (χ0) is 14.2. The van der Waals surface area contributed by atoms with Crippen molar-refractivity contribution in [2.24, 2.45) is 5.92 Å². The lowest BCUT2D eigenvalue weighted by Gasteiger charge is -2.34. The number of hydrogen-bond acceptors (Lipinski definition) is 3. The number of aliphatic hydroxyl groups excluding tert-OH is 1. The lowest BCUT2D eigenvalue weighted by atomic mass is 9.82. The first-order valence-corrected chi connectivity index (χ1v) is 7.96. The van der Waals surface area contributed by atoms with Gasteiger partial charge in [0.05, 0.1) is 11.0 Å². The molecule has 1 fully saturated rings. The Morgan fingerprint density at radius 2 is 1.95 bits per heavy atom. The van der Waals surface area contributed by atoms with E-state index in [2.05, 4.69) is 0 Å². The Balaban J connectivity index is 2.19. The minimum atomic E-state index is -3.43. The molecule has 0 atom stereocenters. The van der Waals surface area contributed by atoms with E-state index in [-0.39, 0.29) is 12.0 Å². The summed E-state index contributed by atoms with van der Waals surface area (Å²) in [7, 11) is -1.82. The molecule has 5 heteroatoms. The van der Waals surface area contributed by atoms with Gasteiger partial charge >= 0.3 is 0 Å². The van der Waals surface area contributed by atoms with Gasteiger partial charge in [0.2, 0.25) is 10.0 Å². The fraction of sp³-hybridized carbons (Fsp3) is 0.571. The van der Waals surface area contributed by atoms with Crippen LogP contribution in [-0.2, 0) is 10.0 Å². The van der Waals surface area contributed by atoms with Crippen LogP contribution >= 0.6 is 0 Å². The lowest BCUT2D eigenvalue weighted by Crippen LogP contribution is -2.39. The molecule has 1 aliphatic rings. The molecule has 1 saturated carbocycles. The van der Waals surface area contributed by atoms with Crippen molar-refractivity contribution in [3.8, 4) is 0 Å². The Hall–Kier alpha value is -0.910. The van der Waals surface area contributed by atoms with Crippen LogP contribution in [0.15, 0.2) is 23.1 Å². The highest BCUT2D eigenvalue weighted by molar-refractivity contribution is 7.89. The highest BCUT2D eigenvalue weighted by Gasteiger charge is 2.32. The summed E-state index contributed by atoms with van der Waals surface area (Å²) >= 11 is 0. The first-order chi connectivity index (χ1) is 8.80. The van der Waals surface area contributed by atoms with Crippen LogP contribution in [0.1, 0.15) is 24.0 Å². The molecular formula is C14H21NO3S. The van der Waals surface area contributed by atoms with E-state index >= 15 is 0 Å². The third-order valence-corrected chi connectivity index (χ3v) is 5.72. The number of rotatable bonds is 4. The average Bonchev–Trinajstić information content (AvgIpc) is 2.30. The van der Waals surface area contributed by atoms with E-state index < -0.39 is 10.0 Å². The summed E-state index contributed by atoms with van der Waals surface area (Å²) in [5.74, 6) is 0.278. The summed E-state index contributed by atoms with van der Waals surface area (Å²) in [5.41, 5.74) is 1.71. The molecule has 0 saturated heterocycles. The van der Waals surface area contributed by atoms with Crippen LogP contribution in [0.5, 0.6) is 0 Å². The molecule has 2 rings (SSSR count). The van der Waals surface area contributed by atoms with Gasteiger partial charge in [-0.2, -0.15) is 0 Å². The number of aliphatic hydroxyl groups is 1. The van der Waals surface area contributed by atoms with Crippen molar-refractivity contribution in [3.63, 3.8) is 0 Å². The Morgan fingerprint density at radius 1 is 1.32 bits per heavy atom. The molecule has 0 aromatic heterocycles. The molecule has 1 aliphatic carbocycles. The molecule has 0 aliphatic heterocycles. The Morgan fingerprint density at radius 3 is 2.53 bits per heavy atom. The van der Waals surface area contributed by atoms with Gasteiger partial charge in [-0.25, -0.2) is 12.7 Å². The summed E-state index contributed by atoms with van der Waals surface area (Å²) in [6.45, 7) is 4.18. The lowest BCUT2D eigenvalue weighted by molar-refractivity contribution is 0.0367. The van der Waals surface area contributed by atoms with Crippen LogP contribution in [0.25, 0.3) is 0 Å². The number of hydrogen-bond donors (Lipinski definition) is 1. The molecule has 0 heterocycles. The average molecular weight is 283 g/mol. The third kappa shape index (κ3) is 2.99. The molecule has 0 amide bonds. The van der Waals surface area contributed by atoms with Crippen molar-refractivity contribution in [3.05, 3.63) is 29.3 Å². The monoisotopic (exact) mass is 283 g/mol. The smallest absolute Gasteiger partial charge is 0.243 e. The maximum Gasteiger partial charge on any atom is 0.243 e. The fourth-order valence-corrected chi connectivity index (χ4v) is 4.02. The Kier molecular flexibility index (Phi) is 3.99. The van der Waals surface area contributed by atoms with Gasteiger partial charge in [-0.15, -0.1) is 0 Å². The van der Waals surface area contributed by atoms with Crippen molar-refractivity contribution in [2.45, 2.75) is 37.7 Å². The molecule has 106 valence electrons. The summed E-state index contributed by atoms with van der Waals surface area (Å²) < 4.78 is 26.5. The van der Waals surface area contributed by atoms with E-state index in [0.29, 0.717) is 24.3 Å². The van der Waals surface area contributed by atoms with Crippen LogP contribution in [-0.4, -0.2) is 37.5 Å². The third-order valence-electron chi connectivity index (χ3n) is 3.76. The van der Waals surface area contributed by atoms with Crippen LogP contribution in [0.2, 0.25) is 0 Å². The number of nitrogens with zero attached hydrogens (tertiary/aromatic N) is 1. The molecule has 19 heavy (non-hydrogen) atoms. The van der Waals surface area contributed by atoms with Gasteiger partial charge in [0.1, 0.15) is 0 Å². The zero-order valence-corrected chi connectivity index (χ0v) is 12.4. The molecule has 1 aromatic carbocycles. The molecule has 1 N–H and O–H groups in total. The van der Waals surface area contributed by atoms with Crippen molar-refractivity contribution in [1.29, 1.82) is 0 Å². The van der Waals surface area contributed by atoms with Crippen LogP contribution in [0.3, 0.4) is 0 Å². The fourth-order valence-electron chi connectivity index (χ4n) is 2.46. The molecule has 1 aromatic rings. The molecule has 0 radical (unpaired) electrons. The van der Waals surface area contributed by atoms with E-state index in [1.165, 1.54) is 4.31 Å². The zero-order valence-electron chi connectivity index (χ0n) is 11.6. The van der Waals surface area contributed by atoms with Gasteiger partial charge in [0.25, 0.3) is 0 Å². The van der Waals surface area contributed by atoms with Crippen molar-refractivity contribution < 1.29 is 13.5 Å². The summed E-state index contributed by atoms with van der Waals surface area (Å²) in [5, 5.41) is 9.26. The number of sulfonamides is 1. The summed E-state index contributed by atoms with van der Waals surface area (Å²) in [4.78, 5) is 0.384. The van der Waals surface area contributed by atoms with Gasteiger partial charge in [0.15, 0.2) is 0 Å². The van der Waals surface area contributed by atoms with Crippen LogP contribution in [0, 0.1) is 19.8 Å². The van der Waals surface area contributed by atoms with Gasteiger partial charge < -0.3 is 5.11 Å². The highest BCUT2D eigenvalue weighted by atomic mass is 32.2. The van der Waals surface area contributed by atoms with Crippen LogP contribution in [0.4, 0.5) is 0 Å². The highest BCUT2D eigenvalue weighted by Crippen LogP contribution is 2.29. The standard InChI is InChI=1S/C14H21NO3S/c1-10-4-5-11(2)14(6-10)19(17,18)15(3)9-12-7-13(16)8-12/h4-6,12-13,16H,7-9H2,1-3H3. The van der Waals surface area contributed by atoms with E-state index in [0.717, 1.165) is 11.1 Å². The molecule has 0 bridgehead atoms. The first kappa shape index (κ1) is 14.5. The Bertz CT molecular complexity index is 562. The maximum atomic E-state index is 12.5. The SMILES string of the molecule is Cc1ccc(C)c(S(=O)(=O)N(C)CC2CC(O)C2)c1. The largest absolute Gasteiger partial charge is 0.393 e. The predicted molar refractivity (Wildman–Crippen MR) is 74.5 cm³/mol. The second kappa shape index (κ2) is 5.23.